The van der Waals surface area contributed by atoms with Crippen molar-refractivity contribution in [3.63, 3.8) is 0 Å². The molecular weight excluding hydrogens is 392 g/mol. The van der Waals surface area contributed by atoms with Gasteiger partial charge in [-0.15, -0.1) is 21.5 Å². The SMILES string of the molecule is COc1ccc(Cl)cc1NC(=O)CSc1nnc(Cc2cccs2)n1C. The quantitative estimate of drug-likeness (QED) is 0.601. The van der Waals surface area contributed by atoms with Gasteiger partial charge < -0.3 is 14.6 Å². The molecule has 0 radical (unpaired) electrons. The number of hydrogen-bond donors (Lipinski definition) is 1. The third kappa shape index (κ3) is 4.57. The number of amides is 1. The van der Waals surface area contributed by atoms with Crippen molar-refractivity contribution in [3.05, 3.63) is 51.4 Å². The molecular formula is C17H17ClN4O2S2. The number of benzene rings is 1. The first-order chi connectivity index (χ1) is 12.6. The predicted molar refractivity (Wildman–Crippen MR) is 105 cm³/mol. The fraction of sp³-hybridized carbons (Fsp3) is 0.235. The number of carbonyl (C=O) groups is 1. The zero-order chi connectivity index (χ0) is 18.5. The molecule has 3 aromatic rings. The molecule has 0 atom stereocenters. The largest absolute Gasteiger partial charge is 0.495 e. The Bertz CT molecular complexity index is 896. The minimum Gasteiger partial charge on any atom is -0.495 e. The topological polar surface area (TPSA) is 69.0 Å². The molecule has 0 aliphatic heterocycles. The Balaban J connectivity index is 1.60. The van der Waals surface area contributed by atoms with Crippen LogP contribution in [0.3, 0.4) is 0 Å². The summed E-state index contributed by atoms with van der Waals surface area (Å²) < 4.78 is 7.15. The number of ether oxygens (including phenoxy) is 1. The van der Waals surface area contributed by atoms with Gasteiger partial charge in [-0.2, -0.15) is 0 Å². The van der Waals surface area contributed by atoms with E-state index in [0.29, 0.717) is 21.6 Å². The summed E-state index contributed by atoms with van der Waals surface area (Å²) in [4.78, 5) is 13.5. The van der Waals surface area contributed by atoms with Crippen molar-refractivity contribution in [3.8, 4) is 5.75 Å². The highest BCUT2D eigenvalue weighted by atomic mass is 35.5. The van der Waals surface area contributed by atoms with Crippen LogP contribution in [0, 0.1) is 0 Å². The summed E-state index contributed by atoms with van der Waals surface area (Å²) in [6.07, 6.45) is 0.730. The van der Waals surface area contributed by atoms with Crippen LogP contribution in [-0.4, -0.2) is 33.5 Å². The molecule has 26 heavy (non-hydrogen) atoms. The number of thiophene rings is 1. The summed E-state index contributed by atoms with van der Waals surface area (Å²) in [7, 11) is 3.45. The maximum atomic E-state index is 12.3. The van der Waals surface area contributed by atoms with Crippen LogP contribution in [0.5, 0.6) is 5.75 Å². The number of thioether (sulfide) groups is 1. The standard InChI is InChI=1S/C17H17ClN4O2S2/c1-22-15(9-12-4-3-7-25-12)20-21-17(22)26-10-16(23)19-13-8-11(18)5-6-14(13)24-2/h3-8H,9-10H2,1-2H3,(H,19,23). The van der Waals surface area contributed by atoms with E-state index in [1.807, 2.05) is 23.1 Å². The third-order valence-electron chi connectivity index (χ3n) is 3.61. The summed E-state index contributed by atoms with van der Waals surface area (Å²) in [6, 6.07) is 9.16. The van der Waals surface area contributed by atoms with Gasteiger partial charge in [0.05, 0.1) is 18.6 Å². The van der Waals surface area contributed by atoms with E-state index in [1.165, 1.54) is 16.6 Å². The van der Waals surface area contributed by atoms with Crippen molar-refractivity contribution in [1.82, 2.24) is 14.8 Å². The van der Waals surface area contributed by atoms with E-state index in [0.717, 1.165) is 12.2 Å². The van der Waals surface area contributed by atoms with E-state index in [4.69, 9.17) is 16.3 Å². The van der Waals surface area contributed by atoms with Crippen molar-refractivity contribution >= 4 is 46.3 Å². The van der Waals surface area contributed by atoms with Gasteiger partial charge in [0.15, 0.2) is 5.16 Å². The molecule has 0 saturated carbocycles. The molecule has 0 fully saturated rings. The zero-order valence-corrected chi connectivity index (χ0v) is 16.6. The van der Waals surface area contributed by atoms with Crippen molar-refractivity contribution in [1.29, 1.82) is 0 Å². The van der Waals surface area contributed by atoms with Gasteiger partial charge in [-0.25, -0.2) is 0 Å². The van der Waals surface area contributed by atoms with Gasteiger partial charge in [-0.3, -0.25) is 4.79 Å². The van der Waals surface area contributed by atoms with Crippen LogP contribution < -0.4 is 10.1 Å². The maximum Gasteiger partial charge on any atom is 0.234 e. The lowest BCUT2D eigenvalue weighted by Gasteiger charge is -2.10. The van der Waals surface area contributed by atoms with Crippen LogP contribution in [0.4, 0.5) is 5.69 Å². The summed E-state index contributed by atoms with van der Waals surface area (Å²) in [5.41, 5.74) is 0.543. The van der Waals surface area contributed by atoms with Gasteiger partial charge in [0.1, 0.15) is 11.6 Å². The van der Waals surface area contributed by atoms with Gasteiger partial charge in [-0.1, -0.05) is 29.4 Å². The van der Waals surface area contributed by atoms with Gasteiger partial charge in [0, 0.05) is 23.4 Å². The minimum atomic E-state index is -0.168. The molecule has 0 unspecified atom stereocenters. The van der Waals surface area contributed by atoms with Crippen molar-refractivity contribution in [2.75, 3.05) is 18.2 Å². The zero-order valence-electron chi connectivity index (χ0n) is 14.2. The monoisotopic (exact) mass is 408 g/mol. The van der Waals surface area contributed by atoms with E-state index in [-0.39, 0.29) is 11.7 Å². The molecule has 1 aromatic carbocycles. The average molecular weight is 409 g/mol. The molecule has 136 valence electrons. The number of aromatic nitrogens is 3. The van der Waals surface area contributed by atoms with Crippen molar-refractivity contribution < 1.29 is 9.53 Å². The lowest BCUT2D eigenvalue weighted by molar-refractivity contribution is -0.113. The molecule has 0 aliphatic rings. The third-order valence-corrected chi connectivity index (χ3v) is 5.74. The molecule has 0 spiro atoms. The van der Waals surface area contributed by atoms with Crippen LogP contribution in [-0.2, 0) is 18.3 Å². The smallest absolute Gasteiger partial charge is 0.234 e. The Morgan fingerprint density at radius 2 is 2.23 bits per heavy atom. The van der Waals surface area contributed by atoms with E-state index >= 15 is 0 Å². The summed E-state index contributed by atoms with van der Waals surface area (Å²) in [6.45, 7) is 0. The second kappa shape index (κ2) is 8.57. The second-order valence-corrected chi connectivity index (χ2v) is 7.81. The van der Waals surface area contributed by atoms with E-state index < -0.39 is 0 Å². The molecule has 1 amide bonds. The van der Waals surface area contributed by atoms with E-state index in [1.54, 1.807) is 36.6 Å². The molecule has 3 rings (SSSR count). The average Bonchev–Trinajstić information content (AvgIpc) is 3.25. The molecule has 9 heteroatoms. The fourth-order valence-corrected chi connectivity index (χ4v) is 3.89. The number of methoxy groups -OCH3 is 1. The van der Waals surface area contributed by atoms with Crippen LogP contribution in [0.25, 0.3) is 0 Å². The molecule has 6 nitrogen and oxygen atoms in total. The van der Waals surface area contributed by atoms with Crippen LogP contribution in [0.15, 0.2) is 40.9 Å². The fourth-order valence-electron chi connectivity index (χ4n) is 2.29. The Labute approximate surface area is 164 Å². The first kappa shape index (κ1) is 18.8. The van der Waals surface area contributed by atoms with Crippen LogP contribution in [0.1, 0.15) is 10.7 Å². The normalized spacial score (nSPS) is 10.7. The highest BCUT2D eigenvalue weighted by Gasteiger charge is 2.13. The summed E-state index contributed by atoms with van der Waals surface area (Å²) in [5.74, 6) is 1.47. The van der Waals surface area contributed by atoms with Crippen LogP contribution >= 0.6 is 34.7 Å². The molecule has 1 N–H and O–H groups in total. The molecule has 0 aliphatic carbocycles. The Hall–Kier alpha value is -2.03. The number of halogens is 1. The molecule has 0 bridgehead atoms. The lowest BCUT2D eigenvalue weighted by atomic mass is 10.3. The Morgan fingerprint density at radius 1 is 1.38 bits per heavy atom. The highest BCUT2D eigenvalue weighted by Crippen LogP contribution is 2.28. The Morgan fingerprint density at radius 3 is 2.96 bits per heavy atom. The highest BCUT2D eigenvalue weighted by molar-refractivity contribution is 7.99. The second-order valence-electron chi connectivity index (χ2n) is 5.40. The first-order valence-electron chi connectivity index (χ1n) is 7.73. The summed E-state index contributed by atoms with van der Waals surface area (Å²) >= 11 is 9.00. The van der Waals surface area contributed by atoms with Crippen LogP contribution in [0.2, 0.25) is 5.02 Å². The van der Waals surface area contributed by atoms with Crippen molar-refractivity contribution in [2.24, 2.45) is 7.05 Å². The predicted octanol–water partition coefficient (Wildman–Crippen LogP) is 3.86. The number of anilines is 1. The minimum absolute atomic E-state index is 0.168. The van der Waals surface area contributed by atoms with Gasteiger partial charge in [-0.05, 0) is 29.6 Å². The van der Waals surface area contributed by atoms with Gasteiger partial charge >= 0.3 is 0 Å². The first-order valence-corrected chi connectivity index (χ1v) is 9.98. The number of rotatable bonds is 7. The number of nitrogens with one attached hydrogen (secondary N) is 1. The number of nitrogens with zero attached hydrogens (tertiary/aromatic N) is 3. The van der Waals surface area contributed by atoms with E-state index in [9.17, 15) is 4.79 Å². The van der Waals surface area contributed by atoms with Crippen molar-refractivity contribution in [2.45, 2.75) is 11.6 Å². The molecule has 0 saturated heterocycles. The molecule has 2 aromatic heterocycles. The lowest BCUT2D eigenvalue weighted by Crippen LogP contribution is -2.15. The number of hydrogen-bond acceptors (Lipinski definition) is 6. The van der Waals surface area contributed by atoms with Gasteiger partial charge in [0.25, 0.3) is 0 Å². The Kier molecular flexibility index (Phi) is 6.18. The molecule has 2 heterocycles. The summed E-state index contributed by atoms with van der Waals surface area (Å²) in [5, 5.41) is 14.5. The number of carbonyl (C=O) groups excluding carboxylic acids is 1. The maximum absolute atomic E-state index is 12.3. The van der Waals surface area contributed by atoms with Gasteiger partial charge in [0.2, 0.25) is 5.91 Å². The van der Waals surface area contributed by atoms with E-state index in [2.05, 4.69) is 21.6 Å².